The minimum Gasteiger partial charge on any atom is -0.481 e. The van der Waals surface area contributed by atoms with Gasteiger partial charge >= 0.3 is 5.97 Å². The zero-order valence-electron chi connectivity index (χ0n) is 11.7. The molecule has 3 rings (SSSR count). The molecule has 1 N–H and O–H groups in total. The van der Waals surface area contributed by atoms with Gasteiger partial charge < -0.3 is 14.7 Å². The minimum absolute atomic E-state index is 0.344. The SMILES string of the molecule is COc1cc(N2C(C(=O)O)CC3CCCCC32)ccn1. The number of aliphatic carboxylic acids is 1. The Morgan fingerprint density at radius 3 is 3.00 bits per heavy atom. The summed E-state index contributed by atoms with van der Waals surface area (Å²) in [6.07, 6.45) is 7.08. The number of fused-ring (bicyclic) bond motifs is 1. The van der Waals surface area contributed by atoms with Gasteiger partial charge in [0.2, 0.25) is 5.88 Å². The Kier molecular flexibility index (Phi) is 3.51. The first-order valence-corrected chi connectivity index (χ1v) is 7.22. The molecule has 0 bridgehead atoms. The summed E-state index contributed by atoms with van der Waals surface area (Å²) in [4.78, 5) is 17.8. The van der Waals surface area contributed by atoms with Gasteiger partial charge in [-0.15, -0.1) is 0 Å². The molecule has 0 spiro atoms. The van der Waals surface area contributed by atoms with E-state index in [0.29, 0.717) is 17.8 Å². The van der Waals surface area contributed by atoms with E-state index in [-0.39, 0.29) is 0 Å². The van der Waals surface area contributed by atoms with Crippen molar-refractivity contribution in [2.45, 2.75) is 44.2 Å². The van der Waals surface area contributed by atoms with Crippen molar-refractivity contribution < 1.29 is 14.6 Å². The fourth-order valence-corrected chi connectivity index (χ4v) is 3.72. The standard InChI is InChI=1S/C15H20N2O3/c1-20-14-9-11(6-7-16-14)17-12-5-3-2-4-10(12)8-13(17)15(18)19/h6-7,9-10,12-13H,2-5,8H2,1H3,(H,18,19). The number of carboxylic acids is 1. The lowest BCUT2D eigenvalue weighted by molar-refractivity contribution is -0.138. The second kappa shape index (κ2) is 5.31. The second-order valence-electron chi connectivity index (χ2n) is 5.67. The van der Waals surface area contributed by atoms with Gasteiger partial charge in [-0.05, 0) is 31.2 Å². The largest absolute Gasteiger partial charge is 0.481 e. The summed E-state index contributed by atoms with van der Waals surface area (Å²) in [7, 11) is 1.58. The first kappa shape index (κ1) is 13.2. The lowest BCUT2D eigenvalue weighted by Gasteiger charge is -2.34. The maximum Gasteiger partial charge on any atom is 0.326 e. The van der Waals surface area contributed by atoms with Crippen LogP contribution in [0, 0.1) is 5.92 Å². The van der Waals surface area contributed by atoms with E-state index in [2.05, 4.69) is 9.88 Å². The van der Waals surface area contributed by atoms with Gasteiger partial charge in [-0.1, -0.05) is 12.8 Å². The number of methoxy groups -OCH3 is 1. The average Bonchev–Trinajstić information content (AvgIpc) is 2.87. The Labute approximate surface area is 118 Å². The van der Waals surface area contributed by atoms with Gasteiger partial charge in [-0.3, -0.25) is 0 Å². The molecule has 2 aliphatic rings. The highest BCUT2D eigenvalue weighted by Crippen LogP contribution is 2.42. The lowest BCUT2D eigenvalue weighted by atomic mass is 9.84. The molecule has 2 fully saturated rings. The Morgan fingerprint density at radius 2 is 2.25 bits per heavy atom. The fourth-order valence-electron chi connectivity index (χ4n) is 3.72. The van der Waals surface area contributed by atoms with Crippen molar-refractivity contribution in [3.63, 3.8) is 0 Å². The number of ether oxygens (including phenoxy) is 1. The zero-order chi connectivity index (χ0) is 14.1. The van der Waals surface area contributed by atoms with Crippen LogP contribution in [-0.2, 0) is 4.79 Å². The number of pyridine rings is 1. The van der Waals surface area contributed by atoms with Gasteiger partial charge in [0.05, 0.1) is 7.11 Å². The molecule has 1 aliphatic carbocycles. The van der Waals surface area contributed by atoms with Crippen LogP contribution in [0.15, 0.2) is 18.3 Å². The highest BCUT2D eigenvalue weighted by molar-refractivity contribution is 5.79. The predicted octanol–water partition coefficient (Wildman–Crippen LogP) is 2.31. The molecule has 20 heavy (non-hydrogen) atoms. The number of hydrogen-bond acceptors (Lipinski definition) is 4. The van der Waals surface area contributed by atoms with Crippen molar-refractivity contribution >= 4 is 11.7 Å². The molecule has 1 aliphatic heterocycles. The van der Waals surface area contributed by atoms with Gasteiger partial charge in [0.25, 0.3) is 0 Å². The molecule has 1 aromatic heterocycles. The third kappa shape index (κ3) is 2.21. The van der Waals surface area contributed by atoms with Crippen LogP contribution in [0.4, 0.5) is 5.69 Å². The Hall–Kier alpha value is -1.78. The van der Waals surface area contributed by atoms with Crippen LogP contribution in [-0.4, -0.2) is 35.3 Å². The number of hydrogen-bond donors (Lipinski definition) is 1. The molecule has 0 radical (unpaired) electrons. The summed E-state index contributed by atoms with van der Waals surface area (Å²) < 4.78 is 5.16. The van der Waals surface area contributed by atoms with Crippen LogP contribution in [0.2, 0.25) is 0 Å². The molecule has 1 aromatic rings. The van der Waals surface area contributed by atoms with E-state index in [9.17, 15) is 9.90 Å². The maximum atomic E-state index is 11.6. The van der Waals surface area contributed by atoms with Gasteiger partial charge in [0.1, 0.15) is 6.04 Å². The van der Waals surface area contributed by atoms with Crippen LogP contribution in [0.5, 0.6) is 5.88 Å². The second-order valence-corrected chi connectivity index (χ2v) is 5.67. The third-order valence-corrected chi connectivity index (χ3v) is 4.60. The summed E-state index contributed by atoms with van der Waals surface area (Å²) in [5.41, 5.74) is 0.915. The van der Waals surface area contributed by atoms with Gasteiger partial charge in [-0.2, -0.15) is 0 Å². The number of anilines is 1. The van der Waals surface area contributed by atoms with Crippen LogP contribution >= 0.6 is 0 Å². The summed E-state index contributed by atoms with van der Waals surface area (Å²) in [6, 6.07) is 3.65. The van der Waals surface area contributed by atoms with E-state index >= 15 is 0 Å². The fraction of sp³-hybridized carbons (Fsp3) is 0.600. The van der Waals surface area contributed by atoms with Crippen molar-refractivity contribution in [2.75, 3.05) is 12.0 Å². The van der Waals surface area contributed by atoms with Crippen LogP contribution in [0.25, 0.3) is 0 Å². The smallest absolute Gasteiger partial charge is 0.326 e. The summed E-state index contributed by atoms with van der Waals surface area (Å²) in [5.74, 6) is 0.310. The van der Waals surface area contributed by atoms with Gasteiger partial charge in [0.15, 0.2) is 0 Å². The number of rotatable bonds is 3. The molecule has 3 unspecified atom stereocenters. The maximum absolute atomic E-state index is 11.6. The number of carbonyl (C=O) groups is 1. The first-order chi connectivity index (χ1) is 9.70. The quantitative estimate of drug-likeness (QED) is 0.918. The lowest BCUT2D eigenvalue weighted by Crippen LogP contribution is -2.42. The van der Waals surface area contributed by atoms with Crippen molar-refractivity contribution in [2.24, 2.45) is 5.92 Å². The molecule has 5 nitrogen and oxygen atoms in total. The molecular weight excluding hydrogens is 256 g/mol. The molecule has 2 heterocycles. The first-order valence-electron chi connectivity index (χ1n) is 7.22. The Morgan fingerprint density at radius 1 is 1.45 bits per heavy atom. The summed E-state index contributed by atoms with van der Waals surface area (Å²) in [6.45, 7) is 0. The topological polar surface area (TPSA) is 62.7 Å². The van der Waals surface area contributed by atoms with Crippen molar-refractivity contribution in [1.82, 2.24) is 4.98 Å². The molecular formula is C15H20N2O3. The van der Waals surface area contributed by atoms with Crippen molar-refractivity contribution in [3.05, 3.63) is 18.3 Å². The van der Waals surface area contributed by atoms with E-state index in [1.54, 1.807) is 13.3 Å². The monoisotopic (exact) mass is 276 g/mol. The summed E-state index contributed by atoms with van der Waals surface area (Å²) >= 11 is 0. The molecule has 1 saturated heterocycles. The van der Waals surface area contributed by atoms with Crippen LogP contribution in [0.3, 0.4) is 0 Å². The molecule has 0 amide bonds. The third-order valence-electron chi connectivity index (χ3n) is 4.60. The van der Waals surface area contributed by atoms with Crippen LogP contribution in [0.1, 0.15) is 32.1 Å². The van der Waals surface area contributed by atoms with E-state index in [1.165, 1.54) is 12.8 Å². The van der Waals surface area contributed by atoms with E-state index in [1.807, 2.05) is 12.1 Å². The zero-order valence-corrected chi connectivity index (χ0v) is 11.7. The minimum atomic E-state index is -0.727. The van der Waals surface area contributed by atoms with E-state index in [0.717, 1.165) is 24.9 Å². The van der Waals surface area contributed by atoms with Gasteiger partial charge in [-0.25, -0.2) is 9.78 Å². The Bertz CT molecular complexity index is 506. The number of nitrogens with zero attached hydrogens (tertiary/aromatic N) is 2. The van der Waals surface area contributed by atoms with E-state index < -0.39 is 12.0 Å². The highest BCUT2D eigenvalue weighted by atomic mass is 16.5. The number of carboxylic acid groups (broad SMARTS) is 1. The average molecular weight is 276 g/mol. The van der Waals surface area contributed by atoms with Crippen molar-refractivity contribution in [1.29, 1.82) is 0 Å². The molecule has 0 aromatic carbocycles. The highest BCUT2D eigenvalue weighted by Gasteiger charge is 2.45. The molecule has 5 heteroatoms. The van der Waals surface area contributed by atoms with Crippen LogP contribution < -0.4 is 9.64 Å². The number of aromatic nitrogens is 1. The normalized spacial score (nSPS) is 29.1. The Balaban J connectivity index is 1.95. The molecule has 3 atom stereocenters. The molecule has 1 saturated carbocycles. The van der Waals surface area contributed by atoms with E-state index in [4.69, 9.17) is 4.74 Å². The predicted molar refractivity (Wildman–Crippen MR) is 75.1 cm³/mol. The summed E-state index contributed by atoms with van der Waals surface area (Å²) in [5, 5.41) is 9.53. The van der Waals surface area contributed by atoms with Gasteiger partial charge in [0, 0.05) is 24.0 Å². The molecule has 108 valence electrons. The van der Waals surface area contributed by atoms with Crippen molar-refractivity contribution in [3.8, 4) is 5.88 Å².